The maximum absolute atomic E-state index is 9.63. The van der Waals surface area contributed by atoms with Gasteiger partial charge in [0.15, 0.2) is 0 Å². The van der Waals surface area contributed by atoms with E-state index in [0.29, 0.717) is 5.92 Å². The van der Waals surface area contributed by atoms with Gasteiger partial charge in [-0.15, -0.1) is 0 Å². The van der Waals surface area contributed by atoms with Crippen LogP contribution in [0.25, 0.3) is 0 Å². The summed E-state index contributed by atoms with van der Waals surface area (Å²) >= 11 is 0. The van der Waals surface area contributed by atoms with E-state index in [9.17, 15) is 5.11 Å². The molecule has 0 saturated heterocycles. The maximum atomic E-state index is 9.63. The van der Waals surface area contributed by atoms with Crippen LogP contribution in [0.3, 0.4) is 0 Å². The number of aliphatic hydroxyl groups is 2. The lowest BCUT2D eigenvalue weighted by Gasteiger charge is -2.17. The smallest absolute Gasteiger partial charge is 0.0542 e. The van der Waals surface area contributed by atoms with Crippen molar-refractivity contribution < 1.29 is 10.2 Å². The largest absolute Gasteiger partial charge is 0.396 e. The first-order valence-corrected chi connectivity index (χ1v) is 5.53. The van der Waals surface area contributed by atoms with Crippen molar-refractivity contribution in [2.24, 2.45) is 5.92 Å². The normalized spacial score (nSPS) is 15.7. The van der Waals surface area contributed by atoms with Gasteiger partial charge in [0, 0.05) is 6.61 Å². The van der Waals surface area contributed by atoms with Crippen LogP contribution < -0.4 is 0 Å². The quantitative estimate of drug-likeness (QED) is 0.614. The molecule has 0 bridgehead atoms. The average molecular weight is 188 g/mol. The number of aliphatic hydroxyl groups excluding tert-OH is 2. The SMILES string of the molecule is CCCCC(O)CC(CC)CCO. The van der Waals surface area contributed by atoms with Crippen LogP contribution in [0.1, 0.15) is 52.4 Å². The van der Waals surface area contributed by atoms with Gasteiger partial charge in [0.2, 0.25) is 0 Å². The van der Waals surface area contributed by atoms with Gasteiger partial charge in [-0.1, -0.05) is 33.1 Å². The van der Waals surface area contributed by atoms with Crippen LogP contribution in [-0.4, -0.2) is 22.9 Å². The van der Waals surface area contributed by atoms with Crippen LogP contribution in [0.4, 0.5) is 0 Å². The highest BCUT2D eigenvalue weighted by Gasteiger charge is 2.11. The fourth-order valence-electron chi connectivity index (χ4n) is 1.61. The van der Waals surface area contributed by atoms with Gasteiger partial charge in [0.05, 0.1) is 6.10 Å². The summed E-state index contributed by atoms with van der Waals surface area (Å²) < 4.78 is 0. The minimum atomic E-state index is -0.156. The maximum Gasteiger partial charge on any atom is 0.0542 e. The van der Waals surface area contributed by atoms with Gasteiger partial charge >= 0.3 is 0 Å². The molecule has 0 fully saturated rings. The highest BCUT2D eigenvalue weighted by molar-refractivity contribution is 4.64. The van der Waals surface area contributed by atoms with Gasteiger partial charge in [-0.25, -0.2) is 0 Å². The predicted octanol–water partition coefficient (Wildman–Crippen LogP) is 2.34. The van der Waals surface area contributed by atoms with Crippen LogP contribution >= 0.6 is 0 Å². The molecule has 0 spiro atoms. The van der Waals surface area contributed by atoms with E-state index in [-0.39, 0.29) is 12.7 Å². The Bertz CT molecular complexity index is 104. The van der Waals surface area contributed by atoms with Gasteiger partial charge in [0.25, 0.3) is 0 Å². The molecule has 2 N–H and O–H groups in total. The Labute approximate surface area is 82.0 Å². The molecular weight excluding hydrogens is 164 g/mol. The summed E-state index contributed by atoms with van der Waals surface area (Å²) in [4.78, 5) is 0. The van der Waals surface area contributed by atoms with Crippen molar-refractivity contribution in [2.45, 2.75) is 58.5 Å². The molecule has 2 unspecified atom stereocenters. The zero-order valence-electron chi connectivity index (χ0n) is 9.00. The number of hydrogen-bond donors (Lipinski definition) is 2. The van der Waals surface area contributed by atoms with Crippen LogP contribution in [0.15, 0.2) is 0 Å². The molecule has 80 valence electrons. The predicted molar refractivity (Wildman–Crippen MR) is 55.6 cm³/mol. The summed E-state index contributed by atoms with van der Waals surface area (Å²) in [5, 5.41) is 18.4. The number of unbranched alkanes of at least 4 members (excludes halogenated alkanes) is 1. The second-order valence-corrected chi connectivity index (χ2v) is 3.82. The van der Waals surface area contributed by atoms with Crippen molar-refractivity contribution in [2.75, 3.05) is 6.61 Å². The zero-order valence-corrected chi connectivity index (χ0v) is 9.00. The molecule has 2 atom stereocenters. The number of rotatable bonds is 8. The summed E-state index contributed by atoms with van der Waals surface area (Å²) in [6.45, 7) is 4.50. The van der Waals surface area contributed by atoms with Crippen LogP contribution in [0.2, 0.25) is 0 Å². The molecule has 13 heavy (non-hydrogen) atoms. The van der Waals surface area contributed by atoms with Crippen molar-refractivity contribution in [1.82, 2.24) is 0 Å². The Kier molecular flexibility index (Phi) is 8.46. The van der Waals surface area contributed by atoms with Gasteiger partial charge < -0.3 is 10.2 Å². The zero-order chi connectivity index (χ0) is 10.1. The topological polar surface area (TPSA) is 40.5 Å². The highest BCUT2D eigenvalue weighted by Crippen LogP contribution is 2.17. The number of hydrogen-bond acceptors (Lipinski definition) is 2. The van der Waals surface area contributed by atoms with Crippen molar-refractivity contribution in [3.8, 4) is 0 Å². The third-order valence-corrected chi connectivity index (χ3v) is 2.61. The van der Waals surface area contributed by atoms with E-state index in [1.54, 1.807) is 0 Å². The fourth-order valence-corrected chi connectivity index (χ4v) is 1.61. The van der Waals surface area contributed by atoms with Crippen molar-refractivity contribution in [1.29, 1.82) is 0 Å². The third-order valence-electron chi connectivity index (χ3n) is 2.61. The second-order valence-electron chi connectivity index (χ2n) is 3.82. The van der Waals surface area contributed by atoms with Gasteiger partial charge in [-0.2, -0.15) is 0 Å². The first-order valence-electron chi connectivity index (χ1n) is 5.53. The molecule has 2 heteroatoms. The van der Waals surface area contributed by atoms with E-state index in [1.807, 2.05) is 0 Å². The van der Waals surface area contributed by atoms with E-state index in [4.69, 9.17) is 5.11 Å². The minimum absolute atomic E-state index is 0.156. The van der Waals surface area contributed by atoms with Gasteiger partial charge in [-0.3, -0.25) is 0 Å². The molecule has 0 aliphatic rings. The molecule has 0 rings (SSSR count). The lowest BCUT2D eigenvalue weighted by Crippen LogP contribution is -2.14. The standard InChI is InChI=1S/C11H24O2/c1-3-5-6-11(13)9-10(4-2)7-8-12/h10-13H,3-9H2,1-2H3. The minimum Gasteiger partial charge on any atom is -0.396 e. The summed E-state index contributed by atoms with van der Waals surface area (Å²) in [7, 11) is 0. The van der Waals surface area contributed by atoms with Crippen LogP contribution in [-0.2, 0) is 0 Å². The Balaban J connectivity index is 3.53. The van der Waals surface area contributed by atoms with Crippen LogP contribution in [0.5, 0.6) is 0 Å². The lowest BCUT2D eigenvalue weighted by atomic mass is 9.93. The summed E-state index contributed by atoms with van der Waals surface area (Å²) in [6, 6.07) is 0. The van der Waals surface area contributed by atoms with E-state index >= 15 is 0 Å². The van der Waals surface area contributed by atoms with E-state index in [2.05, 4.69) is 13.8 Å². The molecule has 2 nitrogen and oxygen atoms in total. The van der Waals surface area contributed by atoms with Crippen molar-refractivity contribution >= 4 is 0 Å². The molecule has 0 aromatic heterocycles. The Morgan fingerprint density at radius 3 is 2.31 bits per heavy atom. The first kappa shape index (κ1) is 12.9. The Morgan fingerprint density at radius 2 is 1.85 bits per heavy atom. The molecule has 0 aliphatic carbocycles. The molecule has 0 saturated carbocycles. The van der Waals surface area contributed by atoms with E-state index in [0.717, 1.165) is 38.5 Å². The summed E-state index contributed by atoms with van der Waals surface area (Å²) in [5.74, 6) is 0.497. The monoisotopic (exact) mass is 188 g/mol. The molecule has 0 aromatic carbocycles. The molecular formula is C11H24O2. The average Bonchev–Trinajstić information content (AvgIpc) is 2.14. The Hall–Kier alpha value is -0.0800. The lowest BCUT2D eigenvalue weighted by molar-refractivity contribution is 0.120. The Morgan fingerprint density at radius 1 is 1.15 bits per heavy atom. The fraction of sp³-hybridized carbons (Fsp3) is 1.00. The van der Waals surface area contributed by atoms with E-state index in [1.165, 1.54) is 0 Å². The van der Waals surface area contributed by atoms with Crippen molar-refractivity contribution in [3.05, 3.63) is 0 Å². The van der Waals surface area contributed by atoms with Gasteiger partial charge in [0.1, 0.15) is 0 Å². The molecule has 0 radical (unpaired) electrons. The second kappa shape index (κ2) is 8.52. The summed E-state index contributed by atoms with van der Waals surface area (Å²) in [5.41, 5.74) is 0. The van der Waals surface area contributed by atoms with Crippen LogP contribution in [0, 0.1) is 5.92 Å². The molecule has 0 amide bonds. The first-order chi connectivity index (χ1) is 6.24. The third kappa shape index (κ3) is 7.03. The highest BCUT2D eigenvalue weighted by atomic mass is 16.3. The van der Waals surface area contributed by atoms with Crippen molar-refractivity contribution in [3.63, 3.8) is 0 Å². The molecule has 0 aromatic rings. The summed E-state index contributed by atoms with van der Waals surface area (Å²) in [6.07, 6.45) is 5.76. The van der Waals surface area contributed by atoms with E-state index < -0.39 is 0 Å². The molecule has 0 heterocycles. The molecule has 0 aliphatic heterocycles. The van der Waals surface area contributed by atoms with Gasteiger partial charge in [-0.05, 0) is 25.2 Å².